The molecule has 1 aromatic rings. The van der Waals surface area contributed by atoms with E-state index in [-0.39, 0.29) is 23.8 Å². The number of carbonyl (C=O) groups is 1. The van der Waals surface area contributed by atoms with Gasteiger partial charge in [0.1, 0.15) is 0 Å². The minimum atomic E-state index is -0.966. The van der Waals surface area contributed by atoms with Crippen LogP contribution in [0.5, 0.6) is 0 Å². The van der Waals surface area contributed by atoms with E-state index < -0.39 is 11.0 Å². The molecule has 0 aliphatic heterocycles. The minimum Gasteiger partial charge on any atom is -0.388 e. The highest BCUT2D eigenvalue weighted by Crippen LogP contribution is 2.20. The second-order valence-corrected chi connectivity index (χ2v) is 3.51. The average Bonchev–Trinajstić information content (AvgIpc) is 2.28. The molecule has 5 nitrogen and oxygen atoms in total. The van der Waals surface area contributed by atoms with Crippen molar-refractivity contribution in [2.75, 3.05) is 5.88 Å². The number of alkyl halides is 1. The Morgan fingerprint density at radius 1 is 1.44 bits per heavy atom. The summed E-state index contributed by atoms with van der Waals surface area (Å²) in [4.78, 5) is 20.8. The molecule has 0 spiro atoms. The number of rotatable bonds is 5. The summed E-state index contributed by atoms with van der Waals surface area (Å²) in [6.45, 7) is 0. The van der Waals surface area contributed by atoms with Gasteiger partial charge in [0.15, 0.2) is 5.78 Å². The predicted octanol–water partition coefficient (Wildman–Crippen LogP) is 1.83. The van der Waals surface area contributed by atoms with Gasteiger partial charge in [-0.3, -0.25) is 14.9 Å². The number of nitrogens with zero attached hydrogens (tertiary/aromatic N) is 1. The molecular weight excluding hydrogens is 234 g/mol. The molecule has 0 saturated heterocycles. The van der Waals surface area contributed by atoms with Crippen LogP contribution in [0.25, 0.3) is 0 Å². The summed E-state index contributed by atoms with van der Waals surface area (Å²) in [6.07, 6.45) is -1.05. The first-order chi connectivity index (χ1) is 7.54. The summed E-state index contributed by atoms with van der Waals surface area (Å²) in [5, 5.41) is 20.0. The molecule has 0 fully saturated rings. The van der Waals surface area contributed by atoms with Crippen molar-refractivity contribution in [3.63, 3.8) is 0 Å². The molecule has 0 heterocycles. The zero-order valence-corrected chi connectivity index (χ0v) is 9.05. The molecule has 1 atom stereocenters. The van der Waals surface area contributed by atoms with E-state index in [4.69, 9.17) is 11.6 Å². The van der Waals surface area contributed by atoms with Crippen LogP contribution in [-0.4, -0.2) is 21.7 Å². The van der Waals surface area contributed by atoms with Crippen LogP contribution in [-0.2, 0) is 4.79 Å². The molecule has 16 heavy (non-hydrogen) atoms. The first-order valence-corrected chi connectivity index (χ1v) is 5.08. The van der Waals surface area contributed by atoms with Gasteiger partial charge in [0, 0.05) is 18.6 Å². The number of hydrogen-bond donors (Lipinski definition) is 1. The fourth-order valence-corrected chi connectivity index (χ4v) is 1.32. The number of benzene rings is 1. The Labute approximate surface area is 96.8 Å². The van der Waals surface area contributed by atoms with Crippen molar-refractivity contribution in [3.8, 4) is 0 Å². The number of aliphatic hydroxyl groups excluding tert-OH is 1. The summed E-state index contributed by atoms with van der Waals surface area (Å²) in [7, 11) is 0. The fourth-order valence-electron chi connectivity index (χ4n) is 1.21. The maximum atomic E-state index is 11.0. The van der Waals surface area contributed by atoms with E-state index in [9.17, 15) is 20.0 Å². The van der Waals surface area contributed by atoms with Crippen LogP contribution in [0, 0.1) is 10.1 Å². The van der Waals surface area contributed by atoms with Gasteiger partial charge in [-0.15, -0.1) is 11.6 Å². The second kappa shape index (κ2) is 5.58. The number of aliphatic hydroxyl groups is 1. The number of ketones is 1. The maximum absolute atomic E-state index is 11.0. The number of nitro groups is 1. The van der Waals surface area contributed by atoms with Gasteiger partial charge in [0.05, 0.1) is 16.9 Å². The zero-order chi connectivity index (χ0) is 12.1. The molecule has 1 aromatic carbocycles. The van der Waals surface area contributed by atoms with Crippen molar-refractivity contribution in [1.82, 2.24) is 0 Å². The van der Waals surface area contributed by atoms with Gasteiger partial charge in [0.2, 0.25) is 0 Å². The van der Waals surface area contributed by atoms with E-state index in [1.807, 2.05) is 0 Å². The highest BCUT2D eigenvalue weighted by Gasteiger charge is 2.13. The van der Waals surface area contributed by atoms with Crippen LogP contribution in [0.2, 0.25) is 0 Å². The Morgan fingerprint density at radius 2 is 2.00 bits per heavy atom. The van der Waals surface area contributed by atoms with Crippen molar-refractivity contribution in [2.24, 2.45) is 0 Å². The van der Waals surface area contributed by atoms with E-state index >= 15 is 0 Å². The first kappa shape index (κ1) is 12.6. The molecule has 1 rings (SSSR count). The first-order valence-electron chi connectivity index (χ1n) is 4.54. The average molecular weight is 244 g/mol. The van der Waals surface area contributed by atoms with Gasteiger partial charge in [-0.2, -0.15) is 0 Å². The van der Waals surface area contributed by atoms with E-state index in [1.165, 1.54) is 24.3 Å². The van der Waals surface area contributed by atoms with Gasteiger partial charge in [-0.1, -0.05) is 0 Å². The van der Waals surface area contributed by atoms with Crippen LogP contribution in [0.15, 0.2) is 24.3 Å². The monoisotopic (exact) mass is 243 g/mol. The van der Waals surface area contributed by atoms with Crippen molar-refractivity contribution in [1.29, 1.82) is 0 Å². The molecule has 0 aromatic heterocycles. The third kappa shape index (κ3) is 3.29. The minimum absolute atomic E-state index is 0.0559. The number of Topliss-reactive ketones (excluding diaryl/α,β-unsaturated/α-hetero) is 1. The quantitative estimate of drug-likeness (QED) is 0.486. The van der Waals surface area contributed by atoms with Crippen LogP contribution in [0.4, 0.5) is 5.69 Å². The largest absolute Gasteiger partial charge is 0.388 e. The normalized spacial score (nSPS) is 12.1. The lowest BCUT2D eigenvalue weighted by Gasteiger charge is -2.08. The van der Waals surface area contributed by atoms with Crippen LogP contribution in [0.1, 0.15) is 18.1 Å². The highest BCUT2D eigenvalue weighted by atomic mass is 35.5. The van der Waals surface area contributed by atoms with E-state index in [0.717, 1.165) is 0 Å². The Balaban J connectivity index is 2.73. The van der Waals surface area contributed by atoms with Gasteiger partial charge >= 0.3 is 0 Å². The number of carbonyl (C=O) groups excluding carboxylic acids is 1. The third-order valence-corrected chi connectivity index (χ3v) is 2.36. The number of halogens is 1. The Morgan fingerprint density at radius 3 is 2.44 bits per heavy atom. The molecule has 6 heteroatoms. The lowest BCUT2D eigenvalue weighted by molar-refractivity contribution is -0.384. The summed E-state index contributed by atoms with van der Waals surface area (Å²) in [5.74, 6) is -0.420. The van der Waals surface area contributed by atoms with Crippen molar-refractivity contribution >= 4 is 23.1 Å². The molecule has 0 bridgehead atoms. The van der Waals surface area contributed by atoms with Crippen LogP contribution < -0.4 is 0 Å². The van der Waals surface area contributed by atoms with E-state index in [1.54, 1.807) is 0 Å². The Bertz CT molecular complexity index is 390. The van der Waals surface area contributed by atoms with Crippen LogP contribution in [0.3, 0.4) is 0 Å². The predicted molar refractivity (Wildman–Crippen MR) is 58.4 cm³/mol. The molecule has 0 radical (unpaired) electrons. The zero-order valence-electron chi connectivity index (χ0n) is 8.30. The molecule has 0 aliphatic rings. The molecule has 0 aliphatic carbocycles. The molecule has 86 valence electrons. The second-order valence-electron chi connectivity index (χ2n) is 3.24. The molecular formula is C10H10ClNO4. The fraction of sp³-hybridized carbons (Fsp3) is 0.300. The summed E-state index contributed by atoms with van der Waals surface area (Å²) in [5.41, 5.74) is 0.406. The van der Waals surface area contributed by atoms with Gasteiger partial charge in [-0.25, -0.2) is 0 Å². The maximum Gasteiger partial charge on any atom is 0.269 e. The number of hydrogen-bond acceptors (Lipinski definition) is 4. The Kier molecular flexibility index (Phi) is 4.39. The van der Waals surface area contributed by atoms with Gasteiger partial charge in [0.25, 0.3) is 5.69 Å². The third-order valence-electron chi connectivity index (χ3n) is 2.06. The van der Waals surface area contributed by atoms with Crippen LogP contribution >= 0.6 is 11.6 Å². The summed E-state index contributed by atoms with van der Waals surface area (Å²) in [6, 6.07) is 5.40. The molecule has 0 saturated carbocycles. The lowest BCUT2D eigenvalue weighted by Crippen LogP contribution is -2.07. The lowest BCUT2D eigenvalue weighted by atomic mass is 10.0. The van der Waals surface area contributed by atoms with E-state index in [0.29, 0.717) is 5.56 Å². The van der Waals surface area contributed by atoms with Crippen molar-refractivity contribution < 1.29 is 14.8 Å². The van der Waals surface area contributed by atoms with Gasteiger partial charge in [-0.05, 0) is 17.7 Å². The number of nitro benzene ring substituents is 1. The molecule has 0 amide bonds. The highest BCUT2D eigenvalue weighted by molar-refractivity contribution is 6.27. The van der Waals surface area contributed by atoms with Gasteiger partial charge < -0.3 is 5.11 Å². The van der Waals surface area contributed by atoms with E-state index in [2.05, 4.69) is 0 Å². The summed E-state index contributed by atoms with van der Waals surface area (Å²) < 4.78 is 0. The smallest absolute Gasteiger partial charge is 0.269 e. The number of non-ortho nitro benzene ring substituents is 1. The topological polar surface area (TPSA) is 80.4 Å². The standard InChI is InChI=1S/C10H10ClNO4/c11-6-9(13)5-10(14)7-1-3-8(4-2-7)12(15)16/h1-4,10,14H,5-6H2/t10-/m0/s1. The SMILES string of the molecule is O=C(CCl)C[C@H](O)c1ccc([N+](=O)[O-])cc1. The Hall–Kier alpha value is -1.46. The summed E-state index contributed by atoms with van der Waals surface area (Å²) >= 11 is 5.30. The van der Waals surface area contributed by atoms with Crippen molar-refractivity contribution in [3.05, 3.63) is 39.9 Å². The molecule has 1 N–H and O–H groups in total. The van der Waals surface area contributed by atoms with Crippen molar-refractivity contribution in [2.45, 2.75) is 12.5 Å². The molecule has 0 unspecified atom stereocenters.